The summed E-state index contributed by atoms with van der Waals surface area (Å²) in [5, 5.41) is 8.89. The Morgan fingerprint density at radius 1 is 1.47 bits per heavy atom. The van der Waals surface area contributed by atoms with Crippen molar-refractivity contribution in [1.29, 1.82) is 0 Å². The van der Waals surface area contributed by atoms with E-state index < -0.39 is 5.97 Å². The van der Waals surface area contributed by atoms with Gasteiger partial charge in [0.05, 0.1) is 12.2 Å². The molecule has 0 saturated carbocycles. The third-order valence-corrected chi connectivity index (χ3v) is 2.35. The molecule has 0 amide bonds. The molecule has 0 atom stereocenters. The van der Waals surface area contributed by atoms with Gasteiger partial charge in [-0.3, -0.25) is 0 Å². The quantitative estimate of drug-likeness (QED) is 0.773. The van der Waals surface area contributed by atoms with E-state index in [0.29, 0.717) is 24.1 Å². The fourth-order valence-electron chi connectivity index (χ4n) is 1.50. The first-order valence-electron chi connectivity index (χ1n) is 5.84. The van der Waals surface area contributed by atoms with Gasteiger partial charge in [-0.05, 0) is 31.7 Å². The van der Waals surface area contributed by atoms with Gasteiger partial charge >= 0.3 is 5.97 Å². The van der Waals surface area contributed by atoms with Gasteiger partial charge < -0.3 is 9.84 Å². The number of hydrogen-bond acceptors (Lipinski definition) is 3. The normalized spacial score (nSPS) is 10.6. The Morgan fingerprint density at radius 3 is 2.76 bits per heavy atom. The Bertz CT molecular complexity index is 388. The summed E-state index contributed by atoms with van der Waals surface area (Å²) in [7, 11) is 0. The van der Waals surface area contributed by atoms with Crippen LogP contribution < -0.4 is 4.74 Å². The van der Waals surface area contributed by atoms with Crippen LogP contribution >= 0.6 is 0 Å². The predicted octanol–water partition coefficient (Wildman–Crippen LogP) is 2.90. The van der Waals surface area contributed by atoms with Crippen LogP contribution in [0.15, 0.2) is 12.1 Å². The number of carbonyl (C=O) groups is 1. The fourth-order valence-corrected chi connectivity index (χ4v) is 1.50. The third kappa shape index (κ3) is 4.85. The molecule has 1 aromatic rings. The minimum Gasteiger partial charge on any atom is -0.478 e. The molecule has 0 radical (unpaired) electrons. The number of pyridine rings is 1. The fraction of sp³-hybridized carbons (Fsp3) is 0.538. The maximum atomic E-state index is 10.8. The van der Waals surface area contributed by atoms with Gasteiger partial charge in [0, 0.05) is 11.8 Å². The minimum absolute atomic E-state index is 0.219. The third-order valence-electron chi connectivity index (χ3n) is 2.35. The Hall–Kier alpha value is -1.58. The molecule has 0 aliphatic rings. The van der Waals surface area contributed by atoms with Crippen LogP contribution in [0.4, 0.5) is 0 Å². The lowest BCUT2D eigenvalue weighted by Gasteiger charge is -2.08. The molecule has 0 bridgehead atoms. The molecular formula is C13H19NO3. The topological polar surface area (TPSA) is 59.4 Å². The van der Waals surface area contributed by atoms with Crippen molar-refractivity contribution < 1.29 is 14.6 Å². The summed E-state index contributed by atoms with van der Waals surface area (Å²) >= 11 is 0. The average molecular weight is 237 g/mol. The van der Waals surface area contributed by atoms with Crippen molar-refractivity contribution in [3.63, 3.8) is 0 Å². The van der Waals surface area contributed by atoms with Gasteiger partial charge in [-0.15, -0.1) is 0 Å². The molecule has 17 heavy (non-hydrogen) atoms. The minimum atomic E-state index is -0.956. The van der Waals surface area contributed by atoms with E-state index >= 15 is 0 Å². The zero-order chi connectivity index (χ0) is 12.8. The lowest BCUT2D eigenvalue weighted by Crippen LogP contribution is -2.04. The summed E-state index contributed by atoms with van der Waals surface area (Å²) in [6, 6.07) is 2.99. The summed E-state index contributed by atoms with van der Waals surface area (Å²) in [6.07, 6.45) is 2.05. The molecule has 0 aliphatic carbocycles. The van der Waals surface area contributed by atoms with Crippen LogP contribution in [0, 0.1) is 12.8 Å². The van der Waals surface area contributed by atoms with Crippen molar-refractivity contribution >= 4 is 5.97 Å². The molecule has 0 spiro atoms. The summed E-state index contributed by atoms with van der Waals surface area (Å²) < 4.78 is 5.45. The molecule has 0 aliphatic heterocycles. The molecule has 1 N–H and O–H groups in total. The van der Waals surface area contributed by atoms with Gasteiger partial charge in [0.2, 0.25) is 5.88 Å². The SMILES string of the molecule is Cc1cc(C(=O)O)cc(OCCCC(C)C)n1. The summed E-state index contributed by atoms with van der Waals surface area (Å²) in [6.45, 7) is 6.65. The second-order valence-corrected chi connectivity index (χ2v) is 4.53. The van der Waals surface area contributed by atoms with Crippen LogP contribution in [0.3, 0.4) is 0 Å². The molecule has 0 aromatic carbocycles. The molecule has 0 unspecified atom stereocenters. The highest BCUT2D eigenvalue weighted by atomic mass is 16.5. The van der Waals surface area contributed by atoms with E-state index in [9.17, 15) is 4.79 Å². The number of aromatic carboxylic acids is 1. The number of carboxylic acid groups (broad SMARTS) is 1. The largest absolute Gasteiger partial charge is 0.478 e. The van der Waals surface area contributed by atoms with Crippen LogP contribution in [0.2, 0.25) is 0 Å². The molecule has 1 aromatic heterocycles. The van der Waals surface area contributed by atoms with Crippen molar-refractivity contribution in [3.8, 4) is 5.88 Å². The standard InChI is InChI=1S/C13H19NO3/c1-9(2)5-4-6-17-12-8-11(13(15)16)7-10(3)14-12/h7-9H,4-6H2,1-3H3,(H,15,16). The molecule has 0 fully saturated rings. The maximum Gasteiger partial charge on any atom is 0.335 e. The Morgan fingerprint density at radius 2 is 2.18 bits per heavy atom. The first kappa shape index (κ1) is 13.5. The van der Waals surface area contributed by atoms with Crippen LogP contribution in [-0.2, 0) is 0 Å². The zero-order valence-corrected chi connectivity index (χ0v) is 10.6. The van der Waals surface area contributed by atoms with Crippen molar-refractivity contribution in [2.45, 2.75) is 33.6 Å². The summed E-state index contributed by atoms with van der Waals surface area (Å²) in [5.74, 6) is 0.0901. The van der Waals surface area contributed by atoms with Crippen LogP contribution in [0.5, 0.6) is 5.88 Å². The van der Waals surface area contributed by atoms with Crippen molar-refractivity contribution in [3.05, 3.63) is 23.4 Å². The van der Waals surface area contributed by atoms with E-state index in [2.05, 4.69) is 18.8 Å². The molecule has 1 heterocycles. The number of nitrogens with zero attached hydrogens (tertiary/aromatic N) is 1. The van der Waals surface area contributed by atoms with Crippen LogP contribution in [0.1, 0.15) is 42.7 Å². The van der Waals surface area contributed by atoms with Crippen molar-refractivity contribution in [1.82, 2.24) is 4.98 Å². The van der Waals surface area contributed by atoms with E-state index in [1.54, 1.807) is 6.92 Å². The highest BCUT2D eigenvalue weighted by molar-refractivity contribution is 5.87. The lowest BCUT2D eigenvalue weighted by atomic mass is 10.1. The van der Waals surface area contributed by atoms with Gasteiger partial charge in [-0.2, -0.15) is 0 Å². The molecular weight excluding hydrogens is 218 g/mol. The van der Waals surface area contributed by atoms with E-state index in [4.69, 9.17) is 9.84 Å². The van der Waals surface area contributed by atoms with Gasteiger partial charge in [-0.25, -0.2) is 9.78 Å². The smallest absolute Gasteiger partial charge is 0.335 e. The maximum absolute atomic E-state index is 10.8. The van der Waals surface area contributed by atoms with Gasteiger partial charge in [0.15, 0.2) is 0 Å². The zero-order valence-electron chi connectivity index (χ0n) is 10.6. The highest BCUT2D eigenvalue weighted by Crippen LogP contribution is 2.13. The Kier molecular flexibility index (Phi) is 4.94. The molecule has 4 nitrogen and oxygen atoms in total. The van der Waals surface area contributed by atoms with Gasteiger partial charge in [0.1, 0.15) is 0 Å². The number of hydrogen-bond donors (Lipinski definition) is 1. The second kappa shape index (κ2) is 6.23. The monoisotopic (exact) mass is 237 g/mol. The van der Waals surface area contributed by atoms with Crippen LogP contribution in [-0.4, -0.2) is 22.7 Å². The van der Waals surface area contributed by atoms with Crippen molar-refractivity contribution in [2.24, 2.45) is 5.92 Å². The first-order chi connectivity index (χ1) is 7.99. The number of aromatic nitrogens is 1. The summed E-state index contributed by atoms with van der Waals surface area (Å²) in [4.78, 5) is 15.0. The number of aryl methyl sites for hydroxylation is 1. The van der Waals surface area contributed by atoms with E-state index in [1.807, 2.05) is 0 Å². The average Bonchev–Trinajstić information content (AvgIpc) is 2.23. The Labute approximate surface area is 102 Å². The Balaban J connectivity index is 2.56. The van der Waals surface area contributed by atoms with Gasteiger partial charge in [0.25, 0.3) is 0 Å². The molecule has 1 rings (SSSR count). The molecule has 0 saturated heterocycles. The van der Waals surface area contributed by atoms with Crippen LogP contribution in [0.25, 0.3) is 0 Å². The lowest BCUT2D eigenvalue weighted by molar-refractivity contribution is 0.0696. The highest BCUT2D eigenvalue weighted by Gasteiger charge is 2.07. The summed E-state index contributed by atoms with van der Waals surface area (Å²) in [5.41, 5.74) is 0.875. The van der Waals surface area contributed by atoms with Crippen molar-refractivity contribution in [2.75, 3.05) is 6.61 Å². The number of ether oxygens (including phenoxy) is 1. The predicted molar refractivity (Wildman–Crippen MR) is 65.5 cm³/mol. The number of carboxylic acids is 1. The first-order valence-corrected chi connectivity index (χ1v) is 5.84. The molecule has 94 valence electrons. The molecule has 4 heteroatoms. The van der Waals surface area contributed by atoms with E-state index in [1.165, 1.54) is 12.1 Å². The van der Waals surface area contributed by atoms with Gasteiger partial charge in [-0.1, -0.05) is 13.8 Å². The second-order valence-electron chi connectivity index (χ2n) is 4.53. The van der Waals surface area contributed by atoms with E-state index in [0.717, 1.165) is 12.8 Å². The van der Waals surface area contributed by atoms with E-state index in [-0.39, 0.29) is 5.56 Å². The number of rotatable bonds is 6.